The summed E-state index contributed by atoms with van der Waals surface area (Å²) in [5.74, 6) is -0.714. The van der Waals surface area contributed by atoms with Gasteiger partial charge in [-0.1, -0.05) is 0 Å². The van der Waals surface area contributed by atoms with Crippen molar-refractivity contribution < 1.29 is 19.4 Å². The number of carbonyl (C=O) groups is 2. The smallest absolute Gasteiger partial charge is 0.341 e. The molecule has 1 atom stereocenters. The highest BCUT2D eigenvalue weighted by Crippen LogP contribution is 2.24. The second-order valence-electron chi connectivity index (χ2n) is 7.24. The number of hydrogen-bond acceptors (Lipinski definition) is 6. The Morgan fingerprint density at radius 3 is 2.86 bits per heavy atom. The molecule has 1 amide bonds. The first-order valence-electron chi connectivity index (χ1n) is 9.43. The number of carbonyl (C=O) groups excluding carboxylic acids is 1. The number of nitrogens with zero attached hydrogens (tertiary/aromatic N) is 2. The maximum atomic E-state index is 12.3. The van der Waals surface area contributed by atoms with E-state index in [0.717, 1.165) is 32.1 Å². The first-order valence-corrected chi connectivity index (χ1v) is 9.43. The van der Waals surface area contributed by atoms with Gasteiger partial charge < -0.3 is 25.0 Å². The maximum absolute atomic E-state index is 12.3. The van der Waals surface area contributed by atoms with Crippen LogP contribution in [0.5, 0.6) is 0 Å². The van der Waals surface area contributed by atoms with Crippen molar-refractivity contribution in [2.24, 2.45) is 5.92 Å². The highest BCUT2D eigenvalue weighted by Gasteiger charge is 2.34. The standard InChI is InChI=1S/C19H22N4O5/c24-16-13-4-5-15(22-17(13)20-8-14(16)19(26)27)23-9-11(10-23)18(25)21-7-12-3-1-2-6-28-12/h4-5,8,11-12H,1-3,6-7,9-10H2,(H,21,25)(H,26,27)(H,20,22,24). The lowest BCUT2D eigenvalue weighted by molar-refractivity contribution is -0.126. The largest absolute Gasteiger partial charge is 0.477 e. The predicted octanol–water partition coefficient (Wildman–Crippen LogP) is 0.743. The molecule has 2 fully saturated rings. The van der Waals surface area contributed by atoms with Gasteiger partial charge in [-0.3, -0.25) is 9.59 Å². The average molecular weight is 386 g/mol. The van der Waals surface area contributed by atoms with Gasteiger partial charge in [0, 0.05) is 32.4 Å². The summed E-state index contributed by atoms with van der Waals surface area (Å²) in [5, 5.41) is 12.2. The average Bonchev–Trinajstić information content (AvgIpc) is 2.66. The molecule has 4 rings (SSSR count). The zero-order valence-electron chi connectivity index (χ0n) is 15.3. The topological polar surface area (TPSA) is 125 Å². The molecule has 0 radical (unpaired) electrons. The molecule has 0 saturated carbocycles. The number of rotatable bonds is 5. The van der Waals surface area contributed by atoms with E-state index in [9.17, 15) is 14.4 Å². The third-order valence-electron chi connectivity index (χ3n) is 5.31. The van der Waals surface area contributed by atoms with E-state index in [-0.39, 0.29) is 28.9 Å². The third kappa shape index (κ3) is 3.57. The van der Waals surface area contributed by atoms with E-state index in [0.29, 0.717) is 31.1 Å². The molecule has 1 unspecified atom stereocenters. The Kier molecular flexibility index (Phi) is 4.99. The highest BCUT2D eigenvalue weighted by atomic mass is 16.5. The van der Waals surface area contributed by atoms with Crippen LogP contribution in [0.15, 0.2) is 23.1 Å². The van der Waals surface area contributed by atoms with Crippen molar-refractivity contribution in [3.05, 3.63) is 34.1 Å². The van der Waals surface area contributed by atoms with Crippen LogP contribution < -0.4 is 15.6 Å². The number of amides is 1. The lowest BCUT2D eigenvalue weighted by Crippen LogP contribution is -2.55. The van der Waals surface area contributed by atoms with Gasteiger partial charge in [0.15, 0.2) is 0 Å². The lowest BCUT2D eigenvalue weighted by atomic mass is 9.99. The summed E-state index contributed by atoms with van der Waals surface area (Å²) in [5.41, 5.74) is -0.550. The maximum Gasteiger partial charge on any atom is 0.341 e. The Morgan fingerprint density at radius 2 is 2.14 bits per heavy atom. The summed E-state index contributed by atoms with van der Waals surface area (Å²) in [6, 6.07) is 3.24. The van der Waals surface area contributed by atoms with Crippen LogP contribution in [0.1, 0.15) is 29.6 Å². The van der Waals surface area contributed by atoms with Crippen LogP contribution in [0.4, 0.5) is 5.82 Å². The Labute approximate surface area is 160 Å². The van der Waals surface area contributed by atoms with Crippen molar-refractivity contribution in [2.75, 3.05) is 31.1 Å². The molecule has 2 saturated heterocycles. The molecule has 2 aromatic heterocycles. The summed E-state index contributed by atoms with van der Waals surface area (Å²) in [6.45, 7) is 2.42. The van der Waals surface area contributed by atoms with Crippen molar-refractivity contribution in [3.8, 4) is 0 Å². The number of ether oxygens (including phenoxy) is 1. The van der Waals surface area contributed by atoms with E-state index < -0.39 is 11.4 Å². The Hall–Kier alpha value is -2.94. The molecule has 28 heavy (non-hydrogen) atoms. The van der Waals surface area contributed by atoms with Crippen LogP contribution in [0.25, 0.3) is 11.0 Å². The van der Waals surface area contributed by atoms with Crippen LogP contribution >= 0.6 is 0 Å². The van der Waals surface area contributed by atoms with Gasteiger partial charge in [0.2, 0.25) is 11.3 Å². The van der Waals surface area contributed by atoms with E-state index in [1.54, 1.807) is 12.1 Å². The number of pyridine rings is 2. The molecule has 148 valence electrons. The molecule has 2 aliphatic heterocycles. The number of carboxylic acid groups (broad SMARTS) is 1. The van der Waals surface area contributed by atoms with Crippen molar-refractivity contribution in [1.29, 1.82) is 0 Å². The quantitative estimate of drug-likeness (QED) is 0.692. The molecule has 2 aliphatic rings. The Bertz CT molecular complexity index is 960. The molecule has 4 heterocycles. The molecule has 0 aromatic carbocycles. The van der Waals surface area contributed by atoms with Crippen LogP contribution in [0, 0.1) is 5.92 Å². The van der Waals surface area contributed by atoms with E-state index in [4.69, 9.17) is 9.84 Å². The first-order chi connectivity index (χ1) is 13.5. The number of aromatic amines is 1. The van der Waals surface area contributed by atoms with Crippen molar-refractivity contribution in [2.45, 2.75) is 25.4 Å². The second kappa shape index (κ2) is 7.59. The van der Waals surface area contributed by atoms with E-state index in [1.807, 2.05) is 4.90 Å². The van der Waals surface area contributed by atoms with Crippen molar-refractivity contribution in [3.63, 3.8) is 0 Å². The van der Waals surface area contributed by atoms with Gasteiger partial charge in [0.1, 0.15) is 17.0 Å². The Morgan fingerprint density at radius 1 is 1.32 bits per heavy atom. The SMILES string of the molecule is O=C(O)c1c[nH]c2nc(N3CC(C(=O)NCC4CCCCO4)C3)ccc2c1=O. The highest BCUT2D eigenvalue weighted by molar-refractivity contribution is 5.91. The number of aromatic nitrogens is 2. The summed E-state index contributed by atoms with van der Waals surface area (Å²) < 4.78 is 5.62. The summed E-state index contributed by atoms with van der Waals surface area (Å²) in [6.07, 6.45) is 4.48. The predicted molar refractivity (Wildman–Crippen MR) is 102 cm³/mol. The molecule has 2 aromatic rings. The molecular weight excluding hydrogens is 364 g/mol. The van der Waals surface area contributed by atoms with Crippen LogP contribution in [0.2, 0.25) is 0 Å². The second-order valence-corrected chi connectivity index (χ2v) is 7.24. The lowest BCUT2D eigenvalue weighted by Gasteiger charge is -2.39. The minimum absolute atomic E-state index is 0.0192. The van der Waals surface area contributed by atoms with Gasteiger partial charge in [-0.15, -0.1) is 0 Å². The number of H-pyrrole nitrogens is 1. The van der Waals surface area contributed by atoms with Gasteiger partial charge >= 0.3 is 5.97 Å². The number of carboxylic acids is 1. The molecule has 9 nitrogen and oxygen atoms in total. The Balaban J connectivity index is 1.36. The molecular formula is C19H22N4O5. The van der Waals surface area contributed by atoms with E-state index >= 15 is 0 Å². The molecule has 0 aliphatic carbocycles. The number of aromatic carboxylic acids is 1. The normalized spacial score (nSPS) is 20.0. The monoisotopic (exact) mass is 386 g/mol. The van der Waals surface area contributed by atoms with Crippen molar-refractivity contribution >= 4 is 28.7 Å². The zero-order chi connectivity index (χ0) is 19.7. The van der Waals surface area contributed by atoms with Crippen LogP contribution in [-0.4, -0.2) is 59.3 Å². The number of hydrogen-bond donors (Lipinski definition) is 3. The van der Waals surface area contributed by atoms with Gasteiger partial charge in [-0.2, -0.15) is 0 Å². The third-order valence-corrected chi connectivity index (χ3v) is 5.31. The minimum Gasteiger partial charge on any atom is -0.477 e. The number of anilines is 1. The molecule has 0 spiro atoms. The van der Waals surface area contributed by atoms with Crippen molar-refractivity contribution in [1.82, 2.24) is 15.3 Å². The van der Waals surface area contributed by atoms with Gasteiger partial charge in [-0.05, 0) is 31.4 Å². The van der Waals surface area contributed by atoms with Crippen LogP contribution in [-0.2, 0) is 9.53 Å². The van der Waals surface area contributed by atoms with Gasteiger partial charge in [-0.25, -0.2) is 9.78 Å². The number of fused-ring (bicyclic) bond motifs is 1. The minimum atomic E-state index is -1.28. The van der Waals surface area contributed by atoms with Crippen LogP contribution in [0.3, 0.4) is 0 Å². The molecule has 9 heteroatoms. The molecule has 0 bridgehead atoms. The first kappa shape index (κ1) is 18.4. The van der Waals surface area contributed by atoms with Gasteiger partial charge in [0.05, 0.1) is 17.4 Å². The fourth-order valence-electron chi connectivity index (χ4n) is 3.59. The fraction of sp³-hybridized carbons (Fsp3) is 0.474. The number of nitrogens with one attached hydrogen (secondary N) is 2. The fourth-order valence-corrected chi connectivity index (χ4v) is 3.59. The summed E-state index contributed by atoms with van der Waals surface area (Å²) in [7, 11) is 0. The van der Waals surface area contributed by atoms with E-state index in [2.05, 4.69) is 15.3 Å². The summed E-state index contributed by atoms with van der Waals surface area (Å²) in [4.78, 5) is 44.6. The zero-order valence-corrected chi connectivity index (χ0v) is 15.3. The van der Waals surface area contributed by atoms with E-state index in [1.165, 1.54) is 0 Å². The van der Waals surface area contributed by atoms with Gasteiger partial charge in [0.25, 0.3) is 0 Å². The molecule has 3 N–H and O–H groups in total. The summed E-state index contributed by atoms with van der Waals surface area (Å²) >= 11 is 0.